The van der Waals surface area contributed by atoms with E-state index in [0.29, 0.717) is 34.8 Å². The molecule has 1 aromatic carbocycles. The molecule has 12 heteroatoms. The van der Waals surface area contributed by atoms with Gasteiger partial charge in [0, 0.05) is 47.7 Å². The predicted molar refractivity (Wildman–Crippen MR) is 200 cm³/mol. The van der Waals surface area contributed by atoms with Crippen LogP contribution in [0.3, 0.4) is 0 Å². The molecule has 0 spiro atoms. The molecular formula is C38H55B3F2N2O4S. The number of carbonyl (C=O) groups excluding carboxylic acids is 1. The van der Waals surface area contributed by atoms with E-state index >= 15 is 0 Å². The zero-order valence-corrected chi connectivity index (χ0v) is 31.3. The summed E-state index contributed by atoms with van der Waals surface area (Å²) in [7, 11) is 15.1. The number of piperidine rings is 1. The Morgan fingerprint density at radius 3 is 2.40 bits per heavy atom. The predicted octanol–water partition coefficient (Wildman–Crippen LogP) is 6.85. The van der Waals surface area contributed by atoms with E-state index in [4.69, 9.17) is 33.0 Å². The summed E-state index contributed by atoms with van der Waals surface area (Å²) in [4.78, 5) is 18.0. The average molecular weight is 706 g/mol. The largest absolute Gasteiger partial charge is 0.415 e. The SMILES string of the molecule is COC1CCC2C3CCc4cc(OC(=O)N5CCC(N6CCCC6)CC5)ccc4C3CCC12C.[B]C([B])(F)C([B])(F)CCCS(=O)C(=C)CC. The highest BCUT2D eigenvalue weighted by atomic mass is 32.2. The number of hydrogen-bond acceptors (Lipinski definition) is 5. The highest BCUT2D eigenvalue weighted by Gasteiger charge is 2.55. The molecule has 2 saturated carbocycles. The smallest absolute Gasteiger partial charge is 0.410 e. The van der Waals surface area contributed by atoms with E-state index in [-0.39, 0.29) is 24.7 Å². The fourth-order valence-electron chi connectivity index (χ4n) is 9.60. The number of halogens is 2. The number of amides is 1. The summed E-state index contributed by atoms with van der Waals surface area (Å²) < 4.78 is 49.4. The summed E-state index contributed by atoms with van der Waals surface area (Å²) >= 11 is 0. The Morgan fingerprint density at radius 1 is 1.06 bits per heavy atom. The summed E-state index contributed by atoms with van der Waals surface area (Å²) in [6.07, 6.45) is 12.8. The van der Waals surface area contributed by atoms with Gasteiger partial charge in [-0.15, -0.1) is 0 Å². The summed E-state index contributed by atoms with van der Waals surface area (Å²) in [5.41, 5.74) is -2.62. The molecule has 7 unspecified atom stereocenters. The maximum atomic E-state index is 13.4. The molecule has 0 bridgehead atoms. The summed E-state index contributed by atoms with van der Waals surface area (Å²) in [5, 5.41) is 0. The number of carbonyl (C=O) groups is 1. The van der Waals surface area contributed by atoms with E-state index in [1.165, 1.54) is 69.2 Å². The van der Waals surface area contributed by atoms with Gasteiger partial charge in [-0.05, 0) is 143 Å². The van der Waals surface area contributed by atoms with Gasteiger partial charge in [0.05, 0.1) is 17.1 Å². The number of ether oxygens (including phenoxy) is 2. The van der Waals surface area contributed by atoms with Crippen LogP contribution in [0.4, 0.5) is 13.6 Å². The maximum Gasteiger partial charge on any atom is 0.415 e. The fourth-order valence-corrected chi connectivity index (χ4v) is 10.6. The number of aryl methyl sites for hydroxylation is 1. The average Bonchev–Trinajstić information content (AvgIpc) is 3.75. The van der Waals surface area contributed by atoms with Crippen molar-refractivity contribution in [2.24, 2.45) is 17.3 Å². The minimum Gasteiger partial charge on any atom is -0.410 e. The molecule has 4 fully saturated rings. The third-order valence-electron chi connectivity index (χ3n) is 12.7. The first-order chi connectivity index (χ1) is 23.7. The quantitative estimate of drug-likeness (QED) is 0.250. The number of fused-ring (bicyclic) bond motifs is 5. The monoisotopic (exact) mass is 706 g/mol. The van der Waals surface area contributed by atoms with Crippen LogP contribution in [0.25, 0.3) is 0 Å². The zero-order valence-electron chi connectivity index (χ0n) is 30.5. The Hall–Kier alpha value is -1.65. The van der Waals surface area contributed by atoms with Crippen LogP contribution in [-0.2, 0) is 22.0 Å². The second-order valence-electron chi connectivity index (χ2n) is 15.6. The highest BCUT2D eigenvalue weighted by Crippen LogP contribution is 2.61. The van der Waals surface area contributed by atoms with Crippen LogP contribution in [0.1, 0.15) is 108 Å². The van der Waals surface area contributed by atoms with Crippen molar-refractivity contribution in [3.8, 4) is 5.75 Å². The van der Waals surface area contributed by atoms with Crippen molar-refractivity contribution < 1.29 is 27.3 Å². The molecule has 2 heterocycles. The molecule has 0 N–H and O–H groups in total. The molecular weight excluding hydrogens is 651 g/mol. The van der Waals surface area contributed by atoms with Crippen LogP contribution in [0.2, 0.25) is 0 Å². The fraction of sp³-hybridized carbons (Fsp3) is 0.763. The van der Waals surface area contributed by atoms with Gasteiger partial charge in [0.1, 0.15) is 29.3 Å². The van der Waals surface area contributed by atoms with Crippen LogP contribution in [0.5, 0.6) is 5.75 Å². The first kappa shape index (κ1) is 39.6. The Bertz CT molecular complexity index is 1370. The molecule has 5 aliphatic rings. The minimum absolute atomic E-state index is 0.124. The zero-order chi connectivity index (χ0) is 36.3. The number of likely N-dealkylation sites (tertiary alicyclic amines) is 2. The Labute approximate surface area is 305 Å². The van der Waals surface area contributed by atoms with Crippen molar-refractivity contribution in [1.29, 1.82) is 0 Å². The van der Waals surface area contributed by atoms with Crippen molar-refractivity contribution in [2.75, 3.05) is 39.0 Å². The van der Waals surface area contributed by atoms with E-state index < -0.39 is 21.8 Å². The number of rotatable bonds is 10. The van der Waals surface area contributed by atoms with Crippen LogP contribution in [0, 0.1) is 17.3 Å². The molecule has 270 valence electrons. The van der Waals surface area contributed by atoms with E-state index in [1.54, 1.807) is 0 Å². The molecule has 6 nitrogen and oxygen atoms in total. The molecule has 0 aromatic heterocycles. The Balaban J connectivity index is 0.000000259. The van der Waals surface area contributed by atoms with Crippen LogP contribution in [0.15, 0.2) is 29.7 Å². The topological polar surface area (TPSA) is 59.1 Å². The van der Waals surface area contributed by atoms with Crippen molar-refractivity contribution in [1.82, 2.24) is 9.80 Å². The Morgan fingerprint density at radius 2 is 1.76 bits per heavy atom. The first-order valence-electron chi connectivity index (χ1n) is 18.9. The van der Waals surface area contributed by atoms with Gasteiger partial charge in [0.15, 0.2) is 0 Å². The minimum atomic E-state index is -3.09. The van der Waals surface area contributed by atoms with Gasteiger partial charge in [-0.3, -0.25) is 13.0 Å². The van der Waals surface area contributed by atoms with Gasteiger partial charge >= 0.3 is 6.09 Å². The number of alkyl halides is 2. The summed E-state index contributed by atoms with van der Waals surface area (Å²) in [5.74, 6) is 3.12. The van der Waals surface area contributed by atoms with E-state index in [0.717, 1.165) is 49.9 Å². The lowest BCUT2D eigenvalue weighted by Crippen LogP contribution is -2.49. The molecule has 2 aliphatic heterocycles. The third kappa shape index (κ3) is 8.76. The number of benzene rings is 1. The van der Waals surface area contributed by atoms with Crippen molar-refractivity contribution in [3.05, 3.63) is 40.8 Å². The number of methoxy groups -OCH3 is 1. The van der Waals surface area contributed by atoms with Gasteiger partial charge in [0.2, 0.25) is 0 Å². The molecule has 3 aliphatic carbocycles. The number of allylic oxidation sites excluding steroid dienone is 1. The van der Waals surface area contributed by atoms with Gasteiger partial charge < -0.3 is 19.3 Å². The normalized spacial score (nSPS) is 30.2. The van der Waals surface area contributed by atoms with Crippen molar-refractivity contribution in [3.63, 3.8) is 0 Å². The van der Waals surface area contributed by atoms with Gasteiger partial charge in [0.25, 0.3) is 0 Å². The van der Waals surface area contributed by atoms with E-state index in [2.05, 4.69) is 36.6 Å². The molecule has 1 aromatic rings. The number of nitrogens with zero attached hydrogens (tertiary/aromatic N) is 2. The number of hydrogen-bond donors (Lipinski definition) is 0. The lowest BCUT2D eigenvalue weighted by molar-refractivity contribution is -0.0444. The molecule has 6 radical (unpaired) electrons. The summed E-state index contributed by atoms with van der Waals surface area (Å²) in [6, 6.07) is 7.15. The lowest BCUT2D eigenvalue weighted by Gasteiger charge is -2.50. The molecule has 2 saturated heterocycles. The highest BCUT2D eigenvalue weighted by molar-refractivity contribution is 7.88. The molecule has 1 amide bonds. The maximum absolute atomic E-state index is 13.4. The molecule has 50 heavy (non-hydrogen) atoms. The van der Waals surface area contributed by atoms with E-state index in [1.807, 2.05) is 18.9 Å². The lowest BCUT2D eigenvalue weighted by atomic mass is 9.50. The third-order valence-corrected chi connectivity index (χ3v) is 14.3. The van der Waals surface area contributed by atoms with Gasteiger partial charge in [-0.2, -0.15) is 0 Å². The van der Waals surface area contributed by atoms with Gasteiger partial charge in [-0.1, -0.05) is 26.5 Å². The standard InChI is InChI=1S/C29H42N2O3.C9H13B3F2OS/c1-29-14-11-24-23-8-6-22(19-20(23)5-7-25(24)26(29)9-10-27(29)33-2)34-28(32)31-17-12-21(13-18-31)30-15-3-4-16-30;1-3-7(2)16(15)6-4-5-8(10,13)9(11,12)14/h6,8,19,21,24-27H,3-5,7,9-18H2,1-2H3;2-6H2,1H3. The van der Waals surface area contributed by atoms with Gasteiger partial charge in [-0.25, -0.2) is 4.79 Å². The first-order valence-corrected chi connectivity index (χ1v) is 20.2. The van der Waals surface area contributed by atoms with Crippen molar-refractivity contribution in [2.45, 2.75) is 126 Å². The van der Waals surface area contributed by atoms with Crippen molar-refractivity contribution >= 4 is 40.4 Å². The summed E-state index contributed by atoms with van der Waals surface area (Å²) in [6.45, 7) is 12.0. The van der Waals surface area contributed by atoms with E-state index in [9.17, 15) is 17.8 Å². The second-order valence-corrected chi connectivity index (χ2v) is 17.3. The second kappa shape index (κ2) is 16.6. The van der Waals surface area contributed by atoms with Crippen LogP contribution >= 0.6 is 0 Å². The van der Waals surface area contributed by atoms with Crippen LogP contribution in [-0.4, -0.2) is 106 Å². The molecule has 6 rings (SSSR count). The Kier molecular flexibility index (Phi) is 13.1. The molecule has 7 atom stereocenters. The van der Waals surface area contributed by atoms with Crippen LogP contribution < -0.4 is 4.74 Å².